The number of nitrogens with one attached hydrogen (secondary N) is 2. The van der Waals surface area contributed by atoms with Gasteiger partial charge in [0.15, 0.2) is 6.04 Å². The van der Waals surface area contributed by atoms with E-state index in [4.69, 9.17) is 10.2 Å². The highest BCUT2D eigenvalue weighted by Gasteiger charge is 2.25. The van der Waals surface area contributed by atoms with E-state index in [1.54, 1.807) is 0 Å². The molecule has 1 aliphatic rings. The fourth-order valence-corrected chi connectivity index (χ4v) is 2.64. The van der Waals surface area contributed by atoms with Gasteiger partial charge < -0.3 is 20.8 Å². The zero-order valence-electron chi connectivity index (χ0n) is 11.4. The van der Waals surface area contributed by atoms with Crippen LogP contribution >= 0.6 is 0 Å². The normalized spacial score (nSPS) is 19.5. The Morgan fingerprint density at radius 3 is 2.32 bits per heavy atom. The quantitative estimate of drug-likeness (QED) is 0.581. The predicted octanol–water partition coefficient (Wildman–Crippen LogP) is 1.09. The van der Waals surface area contributed by atoms with E-state index >= 15 is 0 Å². The molecule has 2 amide bonds. The second-order valence-corrected chi connectivity index (χ2v) is 5.10. The summed E-state index contributed by atoms with van der Waals surface area (Å²) in [7, 11) is 0. The summed E-state index contributed by atoms with van der Waals surface area (Å²) in [5.41, 5.74) is 0. The zero-order valence-corrected chi connectivity index (χ0v) is 11.4. The first-order chi connectivity index (χ1) is 9.08. The smallest absolute Gasteiger partial charge is 0.328 e. The molecule has 6 heteroatoms. The van der Waals surface area contributed by atoms with Crippen molar-refractivity contribution in [3.8, 4) is 0 Å². The first kappa shape index (κ1) is 15.8. The monoisotopic (exact) mass is 272 g/mol. The summed E-state index contributed by atoms with van der Waals surface area (Å²) in [6, 6.07) is -1.68. The average Bonchev–Trinajstić information content (AvgIpc) is 2.42. The summed E-state index contributed by atoms with van der Waals surface area (Å²) >= 11 is 0. The second-order valence-electron chi connectivity index (χ2n) is 5.10. The number of carboxylic acids is 1. The SMILES string of the molecule is CCC(NC(=O)NC(CO)C(=O)O)C1CCCCC1. The molecule has 0 aromatic carbocycles. The molecule has 1 saturated carbocycles. The van der Waals surface area contributed by atoms with Gasteiger partial charge in [0.05, 0.1) is 6.61 Å². The fraction of sp³-hybridized carbons (Fsp3) is 0.846. The van der Waals surface area contributed by atoms with Crippen LogP contribution < -0.4 is 10.6 Å². The third-order valence-electron chi connectivity index (χ3n) is 3.76. The van der Waals surface area contributed by atoms with E-state index in [9.17, 15) is 9.59 Å². The topological polar surface area (TPSA) is 98.7 Å². The molecule has 0 aromatic rings. The first-order valence-electron chi connectivity index (χ1n) is 6.99. The van der Waals surface area contributed by atoms with Crippen molar-refractivity contribution in [2.45, 2.75) is 57.5 Å². The summed E-state index contributed by atoms with van der Waals surface area (Å²) in [5, 5.41) is 22.7. The first-order valence-corrected chi connectivity index (χ1v) is 6.99. The Labute approximate surface area is 113 Å². The zero-order chi connectivity index (χ0) is 14.3. The molecule has 6 nitrogen and oxygen atoms in total. The lowest BCUT2D eigenvalue weighted by Gasteiger charge is -2.30. The highest BCUT2D eigenvalue weighted by atomic mass is 16.4. The number of carboxylic acid groups (broad SMARTS) is 1. The van der Waals surface area contributed by atoms with Gasteiger partial charge in [0.1, 0.15) is 0 Å². The van der Waals surface area contributed by atoms with E-state index in [1.807, 2.05) is 6.92 Å². The molecule has 0 aromatic heterocycles. The van der Waals surface area contributed by atoms with Crippen LogP contribution in [0.3, 0.4) is 0 Å². The molecule has 2 atom stereocenters. The lowest BCUT2D eigenvalue weighted by Crippen LogP contribution is -2.52. The van der Waals surface area contributed by atoms with Gasteiger partial charge in [0, 0.05) is 6.04 Å². The molecule has 1 fully saturated rings. The number of amides is 2. The number of aliphatic hydroxyl groups is 1. The van der Waals surface area contributed by atoms with Crippen LogP contribution in [0.2, 0.25) is 0 Å². The van der Waals surface area contributed by atoms with Crippen LogP contribution in [0.15, 0.2) is 0 Å². The minimum Gasteiger partial charge on any atom is -0.480 e. The summed E-state index contributed by atoms with van der Waals surface area (Å²) in [5.74, 6) is -0.759. The van der Waals surface area contributed by atoms with E-state index in [-0.39, 0.29) is 6.04 Å². The molecule has 0 saturated heterocycles. The highest BCUT2D eigenvalue weighted by molar-refractivity contribution is 5.82. The molecule has 1 rings (SSSR count). The van der Waals surface area contributed by atoms with E-state index < -0.39 is 24.6 Å². The summed E-state index contributed by atoms with van der Waals surface area (Å²) in [4.78, 5) is 22.5. The third-order valence-corrected chi connectivity index (χ3v) is 3.76. The number of carbonyl (C=O) groups excluding carboxylic acids is 1. The number of urea groups is 1. The molecule has 1 aliphatic carbocycles. The predicted molar refractivity (Wildman–Crippen MR) is 70.8 cm³/mol. The molecule has 0 bridgehead atoms. The molecular weight excluding hydrogens is 248 g/mol. The van der Waals surface area contributed by atoms with Crippen molar-refractivity contribution in [3.05, 3.63) is 0 Å². The van der Waals surface area contributed by atoms with Gasteiger partial charge in [-0.15, -0.1) is 0 Å². The van der Waals surface area contributed by atoms with Crippen molar-refractivity contribution >= 4 is 12.0 Å². The Morgan fingerprint density at radius 1 is 1.21 bits per heavy atom. The number of rotatable bonds is 6. The van der Waals surface area contributed by atoms with Gasteiger partial charge in [-0.05, 0) is 25.2 Å². The molecular formula is C13H24N2O4. The second kappa shape index (κ2) is 7.99. The van der Waals surface area contributed by atoms with Crippen molar-refractivity contribution in [3.63, 3.8) is 0 Å². The Kier molecular flexibility index (Phi) is 6.62. The van der Waals surface area contributed by atoms with Gasteiger partial charge in [-0.2, -0.15) is 0 Å². The van der Waals surface area contributed by atoms with E-state index in [0.717, 1.165) is 19.3 Å². The minimum absolute atomic E-state index is 0.0773. The Balaban J connectivity index is 2.45. The van der Waals surface area contributed by atoms with Gasteiger partial charge >= 0.3 is 12.0 Å². The van der Waals surface area contributed by atoms with Crippen molar-refractivity contribution in [2.75, 3.05) is 6.61 Å². The van der Waals surface area contributed by atoms with Crippen molar-refractivity contribution in [2.24, 2.45) is 5.92 Å². The van der Waals surface area contributed by atoms with Crippen molar-refractivity contribution in [1.82, 2.24) is 10.6 Å². The molecule has 110 valence electrons. The van der Waals surface area contributed by atoms with Gasteiger partial charge in [0.25, 0.3) is 0 Å². The third kappa shape index (κ3) is 5.06. The van der Waals surface area contributed by atoms with Crippen LogP contribution in [-0.4, -0.2) is 40.9 Å². The van der Waals surface area contributed by atoms with Gasteiger partial charge in [-0.25, -0.2) is 9.59 Å². The number of aliphatic carboxylic acids is 1. The Bertz CT molecular complexity index is 303. The number of aliphatic hydroxyl groups excluding tert-OH is 1. The van der Waals surface area contributed by atoms with Crippen LogP contribution in [0.4, 0.5) is 4.79 Å². The average molecular weight is 272 g/mol. The van der Waals surface area contributed by atoms with Gasteiger partial charge in [-0.3, -0.25) is 0 Å². The number of hydrogen-bond acceptors (Lipinski definition) is 3. The van der Waals surface area contributed by atoms with Crippen LogP contribution in [-0.2, 0) is 4.79 Å². The maximum absolute atomic E-state index is 11.7. The minimum atomic E-state index is -1.25. The Morgan fingerprint density at radius 2 is 1.84 bits per heavy atom. The lowest BCUT2D eigenvalue weighted by molar-refractivity contribution is -0.140. The van der Waals surface area contributed by atoms with E-state index in [0.29, 0.717) is 5.92 Å². The van der Waals surface area contributed by atoms with Crippen LogP contribution in [0.25, 0.3) is 0 Å². The maximum Gasteiger partial charge on any atom is 0.328 e. The van der Waals surface area contributed by atoms with Crippen LogP contribution in [0.1, 0.15) is 45.4 Å². The van der Waals surface area contributed by atoms with E-state index in [2.05, 4.69) is 10.6 Å². The standard InChI is InChI=1S/C13H24N2O4/c1-2-10(9-6-4-3-5-7-9)14-13(19)15-11(8-16)12(17)18/h9-11,16H,2-8H2,1H3,(H,17,18)(H2,14,15,19). The van der Waals surface area contributed by atoms with Gasteiger partial charge in [-0.1, -0.05) is 26.2 Å². The van der Waals surface area contributed by atoms with Crippen LogP contribution in [0, 0.1) is 5.92 Å². The highest BCUT2D eigenvalue weighted by Crippen LogP contribution is 2.27. The summed E-state index contributed by atoms with van der Waals surface area (Å²) < 4.78 is 0. The Hall–Kier alpha value is -1.30. The molecule has 19 heavy (non-hydrogen) atoms. The van der Waals surface area contributed by atoms with Crippen molar-refractivity contribution < 1.29 is 19.8 Å². The molecule has 0 heterocycles. The van der Waals surface area contributed by atoms with Crippen molar-refractivity contribution in [1.29, 1.82) is 0 Å². The fourth-order valence-electron chi connectivity index (χ4n) is 2.64. The number of hydrogen-bond donors (Lipinski definition) is 4. The summed E-state index contributed by atoms with van der Waals surface area (Å²) in [6.07, 6.45) is 6.69. The maximum atomic E-state index is 11.7. The molecule has 0 spiro atoms. The van der Waals surface area contributed by atoms with E-state index in [1.165, 1.54) is 19.3 Å². The number of carbonyl (C=O) groups is 2. The molecule has 2 unspecified atom stereocenters. The van der Waals surface area contributed by atoms with Gasteiger partial charge in [0.2, 0.25) is 0 Å². The largest absolute Gasteiger partial charge is 0.480 e. The molecule has 4 N–H and O–H groups in total. The van der Waals surface area contributed by atoms with Crippen LogP contribution in [0.5, 0.6) is 0 Å². The molecule has 0 radical (unpaired) electrons. The summed E-state index contributed by atoms with van der Waals surface area (Å²) in [6.45, 7) is 1.41. The molecule has 0 aliphatic heterocycles. The lowest BCUT2D eigenvalue weighted by atomic mass is 9.83.